The molecule has 0 saturated heterocycles. The van der Waals surface area contributed by atoms with Crippen molar-refractivity contribution in [3.8, 4) is 23.0 Å². The Morgan fingerprint density at radius 2 is 2.12 bits per heavy atom. The Morgan fingerprint density at radius 3 is 2.76 bits per heavy atom. The largest absolute Gasteiger partial charge is 0.479 e. The summed E-state index contributed by atoms with van der Waals surface area (Å²) in [5.41, 5.74) is 0.711. The van der Waals surface area contributed by atoms with Gasteiger partial charge in [0.2, 0.25) is 5.95 Å². The van der Waals surface area contributed by atoms with Crippen LogP contribution >= 0.6 is 11.6 Å². The van der Waals surface area contributed by atoms with Crippen LogP contribution in [0.4, 0.5) is 4.39 Å². The zero-order valence-corrected chi connectivity index (χ0v) is 13.7. The molecular formula is C16H12ClFN4O3. The summed E-state index contributed by atoms with van der Waals surface area (Å²) in [5.74, 6) is -1.53. The van der Waals surface area contributed by atoms with Gasteiger partial charge < -0.3 is 9.84 Å². The summed E-state index contributed by atoms with van der Waals surface area (Å²) < 4.78 is 20.2. The van der Waals surface area contributed by atoms with E-state index in [9.17, 15) is 9.18 Å². The zero-order valence-electron chi connectivity index (χ0n) is 12.9. The quantitative estimate of drug-likeness (QED) is 0.702. The molecule has 1 N–H and O–H groups in total. The van der Waals surface area contributed by atoms with Crippen LogP contribution in [0.3, 0.4) is 0 Å². The highest BCUT2D eigenvalue weighted by Crippen LogP contribution is 2.37. The molecule has 0 aliphatic carbocycles. The van der Waals surface area contributed by atoms with Crippen molar-refractivity contribution in [3.05, 3.63) is 53.7 Å². The fourth-order valence-corrected chi connectivity index (χ4v) is 2.39. The molecule has 0 bridgehead atoms. The molecule has 0 radical (unpaired) electrons. The van der Waals surface area contributed by atoms with Crippen LogP contribution in [0.1, 0.15) is 6.92 Å². The van der Waals surface area contributed by atoms with E-state index in [4.69, 9.17) is 21.4 Å². The van der Waals surface area contributed by atoms with Crippen LogP contribution in [0.25, 0.3) is 17.1 Å². The van der Waals surface area contributed by atoms with Gasteiger partial charge in [0, 0.05) is 24.0 Å². The number of rotatable bonds is 5. The molecule has 3 heterocycles. The van der Waals surface area contributed by atoms with Crippen LogP contribution in [-0.4, -0.2) is 36.9 Å². The van der Waals surface area contributed by atoms with Crippen molar-refractivity contribution < 1.29 is 19.0 Å². The van der Waals surface area contributed by atoms with Crippen molar-refractivity contribution >= 4 is 17.6 Å². The van der Waals surface area contributed by atoms with Gasteiger partial charge in [-0.3, -0.25) is 0 Å². The first-order valence-electron chi connectivity index (χ1n) is 7.18. The van der Waals surface area contributed by atoms with E-state index in [1.807, 2.05) is 0 Å². The minimum Gasteiger partial charge on any atom is -0.479 e. The third-order valence-electron chi connectivity index (χ3n) is 3.30. The van der Waals surface area contributed by atoms with Gasteiger partial charge in [0.1, 0.15) is 5.02 Å². The summed E-state index contributed by atoms with van der Waals surface area (Å²) >= 11 is 6.34. The van der Waals surface area contributed by atoms with Crippen molar-refractivity contribution in [2.45, 2.75) is 13.0 Å². The van der Waals surface area contributed by atoms with Crippen LogP contribution in [0.15, 0.2) is 42.7 Å². The number of aliphatic carboxylic acids is 1. The predicted molar refractivity (Wildman–Crippen MR) is 87.3 cm³/mol. The maximum Gasteiger partial charge on any atom is 0.344 e. The van der Waals surface area contributed by atoms with Crippen molar-refractivity contribution in [2.24, 2.45) is 0 Å². The number of carboxylic acids is 1. The lowest BCUT2D eigenvalue weighted by atomic mass is 10.2. The van der Waals surface area contributed by atoms with Crippen LogP contribution in [0, 0.1) is 5.95 Å². The first kappa shape index (κ1) is 16.8. The van der Waals surface area contributed by atoms with E-state index in [0.29, 0.717) is 17.1 Å². The Hall–Kier alpha value is -3.00. The van der Waals surface area contributed by atoms with Gasteiger partial charge in [-0.15, -0.1) is 5.10 Å². The Kier molecular flexibility index (Phi) is 4.62. The third-order valence-corrected chi connectivity index (χ3v) is 3.64. The van der Waals surface area contributed by atoms with Gasteiger partial charge in [0.25, 0.3) is 5.88 Å². The molecule has 9 heteroatoms. The molecule has 3 rings (SSSR count). The van der Waals surface area contributed by atoms with Crippen LogP contribution in [0.2, 0.25) is 5.02 Å². The Labute approximate surface area is 146 Å². The summed E-state index contributed by atoms with van der Waals surface area (Å²) in [6, 6.07) is 7.89. The lowest BCUT2D eigenvalue weighted by molar-refractivity contribution is -0.144. The molecule has 0 saturated carbocycles. The normalized spacial score (nSPS) is 12.0. The van der Waals surface area contributed by atoms with Gasteiger partial charge in [0.15, 0.2) is 11.9 Å². The Balaban J connectivity index is 2.17. The molecule has 25 heavy (non-hydrogen) atoms. The summed E-state index contributed by atoms with van der Waals surface area (Å²) in [6.45, 7) is 1.35. The maximum absolute atomic E-state index is 13.5. The second-order valence-electron chi connectivity index (χ2n) is 5.03. The first-order chi connectivity index (χ1) is 12.0. The van der Waals surface area contributed by atoms with Gasteiger partial charge in [-0.05, 0) is 25.1 Å². The lowest BCUT2D eigenvalue weighted by Crippen LogP contribution is -2.23. The van der Waals surface area contributed by atoms with Gasteiger partial charge in [-0.25, -0.2) is 19.4 Å². The second-order valence-corrected chi connectivity index (χ2v) is 5.41. The van der Waals surface area contributed by atoms with Crippen LogP contribution in [0.5, 0.6) is 5.88 Å². The molecular weight excluding hydrogens is 351 g/mol. The number of ether oxygens (including phenoxy) is 1. The molecule has 0 fully saturated rings. The fraction of sp³-hybridized carbons (Fsp3) is 0.125. The van der Waals surface area contributed by atoms with Crippen molar-refractivity contribution in [2.75, 3.05) is 0 Å². The van der Waals surface area contributed by atoms with E-state index >= 15 is 0 Å². The lowest BCUT2D eigenvalue weighted by Gasteiger charge is -2.07. The summed E-state index contributed by atoms with van der Waals surface area (Å²) in [4.78, 5) is 18.7. The number of pyridine rings is 2. The van der Waals surface area contributed by atoms with Crippen molar-refractivity contribution in [3.63, 3.8) is 0 Å². The molecule has 0 aliphatic heterocycles. The highest BCUT2D eigenvalue weighted by Gasteiger charge is 2.24. The summed E-state index contributed by atoms with van der Waals surface area (Å²) in [5, 5.41) is 13.3. The SMILES string of the molecule is CC(Oc1nn(-c2ccccn2)c(-c2ccnc(F)c2)c1Cl)C(=O)O. The smallest absolute Gasteiger partial charge is 0.344 e. The Morgan fingerprint density at radius 1 is 1.32 bits per heavy atom. The standard InChI is InChI=1S/C16H12ClFN4O3/c1-9(16(23)24)25-15-13(17)14(10-5-7-19-11(18)8-10)22(21-15)12-4-2-3-6-20-12/h2-9H,1H3,(H,23,24). The van der Waals surface area contributed by atoms with E-state index in [-0.39, 0.29) is 10.9 Å². The first-order valence-corrected chi connectivity index (χ1v) is 7.56. The molecule has 3 aromatic rings. The third kappa shape index (κ3) is 3.43. The molecule has 1 unspecified atom stereocenters. The number of hydrogen-bond donors (Lipinski definition) is 1. The zero-order chi connectivity index (χ0) is 18.0. The second kappa shape index (κ2) is 6.86. The van der Waals surface area contributed by atoms with Crippen LogP contribution in [-0.2, 0) is 4.79 Å². The van der Waals surface area contributed by atoms with Gasteiger partial charge >= 0.3 is 5.97 Å². The molecule has 0 spiro atoms. The number of carboxylic acid groups (broad SMARTS) is 1. The summed E-state index contributed by atoms with van der Waals surface area (Å²) in [6.07, 6.45) is 1.69. The molecule has 7 nitrogen and oxygen atoms in total. The van der Waals surface area contributed by atoms with E-state index < -0.39 is 18.0 Å². The minimum atomic E-state index is -1.17. The van der Waals surface area contributed by atoms with Gasteiger partial charge in [-0.1, -0.05) is 17.7 Å². The van der Waals surface area contributed by atoms with E-state index in [0.717, 1.165) is 0 Å². The van der Waals surface area contributed by atoms with E-state index in [1.54, 1.807) is 30.5 Å². The minimum absolute atomic E-state index is 0.0457. The topological polar surface area (TPSA) is 90.1 Å². The van der Waals surface area contributed by atoms with Crippen molar-refractivity contribution in [1.29, 1.82) is 0 Å². The fourth-order valence-electron chi connectivity index (χ4n) is 2.12. The highest BCUT2D eigenvalue weighted by atomic mass is 35.5. The summed E-state index contributed by atoms with van der Waals surface area (Å²) in [7, 11) is 0. The van der Waals surface area contributed by atoms with Gasteiger partial charge in [-0.2, -0.15) is 4.39 Å². The number of hydrogen-bond acceptors (Lipinski definition) is 5. The molecule has 128 valence electrons. The monoisotopic (exact) mass is 362 g/mol. The van der Waals surface area contributed by atoms with E-state index in [1.165, 1.54) is 23.9 Å². The molecule has 0 aliphatic rings. The molecule has 0 aromatic carbocycles. The maximum atomic E-state index is 13.5. The number of aromatic nitrogens is 4. The van der Waals surface area contributed by atoms with Crippen LogP contribution < -0.4 is 4.74 Å². The highest BCUT2D eigenvalue weighted by molar-refractivity contribution is 6.34. The average molecular weight is 363 g/mol. The predicted octanol–water partition coefficient (Wildman–Crippen LogP) is 2.97. The molecule has 1 atom stereocenters. The average Bonchev–Trinajstić information content (AvgIpc) is 2.92. The van der Waals surface area contributed by atoms with Gasteiger partial charge in [0.05, 0.1) is 5.69 Å². The van der Waals surface area contributed by atoms with Crippen molar-refractivity contribution in [1.82, 2.24) is 19.7 Å². The number of halogens is 2. The van der Waals surface area contributed by atoms with E-state index in [2.05, 4.69) is 15.1 Å². The molecule has 3 aromatic heterocycles. The Bertz CT molecular complexity index is 917. The number of carbonyl (C=O) groups is 1. The number of nitrogens with zero attached hydrogens (tertiary/aromatic N) is 4. The molecule has 0 amide bonds.